The molecule has 1 N–H and O–H groups in total. The van der Waals surface area contributed by atoms with Crippen molar-refractivity contribution < 1.29 is 4.39 Å². The second kappa shape index (κ2) is 5.16. The third-order valence-electron chi connectivity index (χ3n) is 2.64. The Labute approximate surface area is 115 Å². The van der Waals surface area contributed by atoms with Crippen LogP contribution < -0.4 is 5.32 Å². The van der Waals surface area contributed by atoms with E-state index in [1.165, 1.54) is 12.1 Å². The van der Waals surface area contributed by atoms with Crippen LogP contribution in [0.4, 0.5) is 10.1 Å². The fourth-order valence-electron chi connectivity index (χ4n) is 1.66. The maximum Gasteiger partial charge on any atom is 0.143 e. The van der Waals surface area contributed by atoms with E-state index in [4.69, 9.17) is 23.2 Å². The van der Waals surface area contributed by atoms with Gasteiger partial charge in [-0.3, -0.25) is 4.68 Å². The number of nitrogens with one attached hydrogen (secondary N) is 1. The predicted octanol–water partition coefficient (Wildman–Crippen LogP) is 3.79. The van der Waals surface area contributed by atoms with Crippen LogP contribution in [0.1, 0.15) is 11.4 Å². The molecule has 0 saturated heterocycles. The molecule has 1 aromatic carbocycles. The second-order valence-corrected chi connectivity index (χ2v) is 4.74. The number of hydrogen-bond acceptors (Lipinski definition) is 2. The third kappa shape index (κ3) is 2.60. The van der Waals surface area contributed by atoms with Gasteiger partial charge in [0.1, 0.15) is 5.82 Å². The number of rotatable bonds is 3. The predicted molar refractivity (Wildman–Crippen MR) is 71.7 cm³/mol. The Bertz CT molecular complexity index is 581. The van der Waals surface area contributed by atoms with Gasteiger partial charge in [-0.05, 0) is 25.1 Å². The van der Waals surface area contributed by atoms with E-state index in [2.05, 4.69) is 10.4 Å². The van der Waals surface area contributed by atoms with E-state index in [0.29, 0.717) is 17.3 Å². The Morgan fingerprint density at radius 3 is 2.67 bits per heavy atom. The molecule has 0 bridgehead atoms. The molecule has 0 unspecified atom stereocenters. The van der Waals surface area contributed by atoms with E-state index in [1.54, 1.807) is 10.7 Å². The lowest BCUT2D eigenvalue weighted by molar-refractivity contribution is 0.628. The molecule has 0 radical (unpaired) electrons. The molecule has 0 aliphatic heterocycles. The topological polar surface area (TPSA) is 29.9 Å². The van der Waals surface area contributed by atoms with Crippen LogP contribution in [0.5, 0.6) is 0 Å². The normalized spacial score (nSPS) is 10.7. The number of anilines is 1. The van der Waals surface area contributed by atoms with Gasteiger partial charge in [0.2, 0.25) is 0 Å². The fourth-order valence-corrected chi connectivity index (χ4v) is 2.01. The monoisotopic (exact) mass is 287 g/mol. The van der Waals surface area contributed by atoms with E-state index >= 15 is 0 Å². The van der Waals surface area contributed by atoms with E-state index < -0.39 is 5.82 Å². The van der Waals surface area contributed by atoms with Crippen LogP contribution in [0.25, 0.3) is 0 Å². The molecule has 2 rings (SSSR count). The zero-order chi connectivity index (χ0) is 13.3. The average Bonchev–Trinajstić information content (AvgIpc) is 2.56. The van der Waals surface area contributed by atoms with E-state index in [9.17, 15) is 4.39 Å². The maximum absolute atomic E-state index is 13.3. The summed E-state index contributed by atoms with van der Waals surface area (Å²) in [6.07, 6.45) is 0. The van der Waals surface area contributed by atoms with Crippen molar-refractivity contribution in [3.63, 3.8) is 0 Å². The summed E-state index contributed by atoms with van der Waals surface area (Å²) in [6, 6.07) is 4.57. The first kappa shape index (κ1) is 13.2. The molecule has 0 aliphatic carbocycles. The minimum absolute atomic E-state index is 0.106. The number of benzene rings is 1. The molecule has 0 spiro atoms. The van der Waals surface area contributed by atoms with Gasteiger partial charge in [-0.25, -0.2) is 4.39 Å². The Balaban J connectivity index is 2.14. The van der Waals surface area contributed by atoms with Gasteiger partial charge in [0.25, 0.3) is 0 Å². The van der Waals surface area contributed by atoms with Crippen LogP contribution in [0.15, 0.2) is 18.2 Å². The van der Waals surface area contributed by atoms with E-state index in [0.717, 1.165) is 11.4 Å². The van der Waals surface area contributed by atoms with E-state index in [-0.39, 0.29) is 5.02 Å². The molecule has 0 atom stereocenters. The molecule has 6 heteroatoms. The molecular weight excluding hydrogens is 276 g/mol. The van der Waals surface area contributed by atoms with Gasteiger partial charge in [-0.15, -0.1) is 0 Å². The lowest BCUT2D eigenvalue weighted by Crippen LogP contribution is -2.06. The molecule has 0 amide bonds. The van der Waals surface area contributed by atoms with Gasteiger partial charge >= 0.3 is 0 Å². The highest BCUT2D eigenvalue weighted by Gasteiger charge is 2.10. The highest BCUT2D eigenvalue weighted by Crippen LogP contribution is 2.22. The molecule has 2 aromatic rings. The van der Waals surface area contributed by atoms with Crippen LogP contribution in [0.3, 0.4) is 0 Å². The number of hydrogen-bond donors (Lipinski definition) is 1. The first-order valence-electron chi connectivity index (χ1n) is 5.36. The Morgan fingerprint density at radius 2 is 2.11 bits per heavy atom. The molecular formula is C12H12Cl2FN3. The molecule has 0 fully saturated rings. The molecule has 1 heterocycles. The fraction of sp³-hybridized carbons (Fsp3) is 0.250. The molecule has 0 aliphatic rings. The van der Waals surface area contributed by atoms with Crippen molar-refractivity contribution in [3.8, 4) is 0 Å². The van der Waals surface area contributed by atoms with Gasteiger partial charge < -0.3 is 5.32 Å². The lowest BCUT2D eigenvalue weighted by atomic mass is 10.3. The van der Waals surface area contributed by atoms with Crippen LogP contribution in [-0.4, -0.2) is 9.78 Å². The summed E-state index contributed by atoms with van der Waals surface area (Å²) in [5, 5.41) is 8.02. The highest BCUT2D eigenvalue weighted by molar-refractivity contribution is 6.32. The van der Waals surface area contributed by atoms with Crippen LogP contribution in [0.2, 0.25) is 10.0 Å². The number of nitrogens with zero attached hydrogens (tertiary/aromatic N) is 2. The van der Waals surface area contributed by atoms with Gasteiger partial charge in [-0.1, -0.05) is 23.2 Å². The van der Waals surface area contributed by atoms with Crippen molar-refractivity contribution in [2.24, 2.45) is 7.05 Å². The van der Waals surface area contributed by atoms with Gasteiger partial charge in [0.05, 0.1) is 28.0 Å². The van der Waals surface area contributed by atoms with Crippen LogP contribution in [0, 0.1) is 12.7 Å². The zero-order valence-corrected chi connectivity index (χ0v) is 11.5. The third-order valence-corrected chi connectivity index (χ3v) is 3.44. The quantitative estimate of drug-likeness (QED) is 0.931. The first-order valence-corrected chi connectivity index (χ1v) is 6.11. The number of aryl methyl sites for hydroxylation is 2. The summed E-state index contributed by atoms with van der Waals surface area (Å²) in [5.41, 5.74) is 2.27. The smallest absolute Gasteiger partial charge is 0.143 e. The SMILES string of the molecule is Cc1nn(C)c(CNc2ccc(Cl)c(F)c2)c1Cl. The summed E-state index contributed by atoms with van der Waals surface area (Å²) in [5.74, 6) is -0.450. The van der Waals surface area contributed by atoms with Gasteiger partial charge in [0.15, 0.2) is 0 Å². The molecule has 18 heavy (non-hydrogen) atoms. The standard InChI is InChI=1S/C12H12Cl2FN3/c1-7-12(14)11(18(2)17-7)6-16-8-3-4-9(13)10(15)5-8/h3-5,16H,6H2,1-2H3. The maximum atomic E-state index is 13.3. The largest absolute Gasteiger partial charge is 0.379 e. The van der Waals surface area contributed by atoms with E-state index in [1.807, 2.05) is 14.0 Å². The Kier molecular flexibility index (Phi) is 3.78. The minimum Gasteiger partial charge on any atom is -0.379 e. The summed E-state index contributed by atoms with van der Waals surface area (Å²) in [6.45, 7) is 2.31. The average molecular weight is 288 g/mol. The van der Waals surface area contributed by atoms with Crippen molar-refractivity contribution in [2.45, 2.75) is 13.5 Å². The van der Waals surface area contributed by atoms with Gasteiger partial charge in [-0.2, -0.15) is 5.10 Å². The van der Waals surface area contributed by atoms with Crippen LogP contribution in [-0.2, 0) is 13.6 Å². The Hall–Kier alpha value is -1.26. The number of aromatic nitrogens is 2. The number of halogens is 3. The Morgan fingerprint density at radius 1 is 1.39 bits per heavy atom. The van der Waals surface area contributed by atoms with Crippen molar-refractivity contribution in [2.75, 3.05) is 5.32 Å². The van der Waals surface area contributed by atoms with Crippen molar-refractivity contribution in [3.05, 3.63) is 45.4 Å². The molecule has 96 valence electrons. The first-order chi connectivity index (χ1) is 8.49. The van der Waals surface area contributed by atoms with Gasteiger partial charge in [0, 0.05) is 12.7 Å². The molecule has 0 saturated carbocycles. The lowest BCUT2D eigenvalue weighted by Gasteiger charge is -2.07. The molecule has 1 aromatic heterocycles. The minimum atomic E-state index is -0.450. The second-order valence-electron chi connectivity index (χ2n) is 3.95. The van der Waals surface area contributed by atoms with Crippen molar-refractivity contribution >= 4 is 28.9 Å². The summed E-state index contributed by atoms with van der Waals surface area (Å²) < 4.78 is 15.0. The zero-order valence-electron chi connectivity index (χ0n) is 9.97. The summed E-state index contributed by atoms with van der Waals surface area (Å²) in [4.78, 5) is 0. The van der Waals surface area contributed by atoms with Crippen molar-refractivity contribution in [1.29, 1.82) is 0 Å². The molecule has 3 nitrogen and oxygen atoms in total. The summed E-state index contributed by atoms with van der Waals surface area (Å²) in [7, 11) is 1.82. The highest BCUT2D eigenvalue weighted by atomic mass is 35.5. The van der Waals surface area contributed by atoms with Crippen LogP contribution >= 0.6 is 23.2 Å². The van der Waals surface area contributed by atoms with Crippen molar-refractivity contribution in [1.82, 2.24) is 9.78 Å². The summed E-state index contributed by atoms with van der Waals surface area (Å²) >= 11 is 11.7.